The Bertz CT molecular complexity index is 727. The number of nitrogens with one attached hydrogen (secondary N) is 2. The maximum atomic E-state index is 12.5. The third-order valence-electron chi connectivity index (χ3n) is 4.83. The topological polar surface area (TPSA) is 50.4 Å². The highest BCUT2D eigenvalue weighted by molar-refractivity contribution is 7.17. The van der Waals surface area contributed by atoms with Crippen LogP contribution in [0.3, 0.4) is 0 Å². The van der Waals surface area contributed by atoms with Crippen molar-refractivity contribution in [2.45, 2.75) is 24.9 Å². The van der Waals surface area contributed by atoms with Crippen molar-refractivity contribution < 1.29 is 9.53 Å². The molecule has 2 fully saturated rings. The van der Waals surface area contributed by atoms with Crippen LogP contribution in [0, 0.1) is 5.92 Å². The van der Waals surface area contributed by atoms with Crippen LogP contribution in [0.4, 0.5) is 0 Å². The Morgan fingerprint density at radius 3 is 2.96 bits per heavy atom. The fourth-order valence-corrected chi connectivity index (χ4v) is 4.55. The molecule has 1 aliphatic heterocycles. The maximum absolute atomic E-state index is 12.5. The number of thiophene rings is 1. The van der Waals surface area contributed by atoms with E-state index in [1.54, 1.807) is 7.11 Å². The lowest BCUT2D eigenvalue weighted by Gasteiger charge is -2.23. The Kier molecular flexibility index (Phi) is 3.83. The monoisotopic (exact) mass is 328 g/mol. The van der Waals surface area contributed by atoms with Crippen LogP contribution in [0.15, 0.2) is 36.4 Å². The molecule has 2 bridgehead atoms. The van der Waals surface area contributed by atoms with Gasteiger partial charge in [-0.1, -0.05) is 12.1 Å². The lowest BCUT2D eigenvalue weighted by Crippen LogP contribution is -2.47. The van der Waals surface area contributed by atoms with Crippen molar-refractivity contribution in [1.82, 2.24) is 10.6 Å². The molecule has 2 aromatic rings. The normalized spacial score (nSPS) is 25.5. The molecule has 2 heterocycles. The van der Waals surface area contributed by atoms with Gasteiger partial charge in [-0.3, -0.25) is 4.79 Å². The molecule has 2 N–H and O–H groups in total. The van der Waals surface area contributed by atoms with Gasteiger partial charge in [-0.25, -0.2) is 0 Å². The number of hydrogen-bond acceptors (Lipinski definition) is 4. The molecule has 4 nitrogen and oxygen atoms in total. The van der Waals surface area contributed by atoms with Crippen LogP contribution in [-0.2, 0) is 0 Å². The molecule has 1 saturated carbocycles. The van der Waals surface area contributed by atoms with Crippen LogP contribution in [-0.4, -0.2) is 31.6 Å². The number of carbonyl (C=O) groups excluding carboxylic acids is 1. The third kappa shape index (κ3) is 2.86. The molecule has 0 spiro atoms. The highest BCUT2D eigenvalue weighted by Crippen LogP contribution is 2.33. The molecular weight excluding hydrogens is 308 g/mol. The first-order valence-corrected chi connectivity index (χ1v) is 8.83. The molecule has 23 heavy (non-hydrogen) atoms. The SMILES string of the molecule is COc1cccc(-c2ccc(C(=O)NC3CC4CNC3C4)s2)c1. The number of methoxy groups -OCH3 is 1. The van der Waals surface area contributed by atoms with Gasteiger partial charge < -0.3 is 15.4 Å². The molecular formula is C18H20N2O2S. The van der Waals surface area contributed by atoms with Crippen molar-refractivity contribution in [3.8, 4) is 16.2 Å². The fraction of sp³-hybridized carbons (Fsp3) is 0.389. The van der Waals surface area contributed by atoms with Crippen LogP contribution in [0.1, 0.15) is 22.5 Å². The summed E-state index contributed by atoms with van der Waals surface area (Å²) in [7, 11) is 1.66. The average Bonchev–Trinajstić information content (AvgIpc) is 3.31. The summed E-state index contributed by atoms with van der Waals surface area (Å²) in [6, 6.07) is 12.6. The highest BCUT2D eigenvalue weighted by atomic mass is 32.1. The molecule has 1 aromatic carbocycles. The minimum atomic E-state index is 0.0449. The van der Waals surface area contributed by atoms with Crippen molar-refractivity contribution in [2.24, 2.45) is 5.92 Å². The van der Waals surface area contributed by atoms with E-state index < -0.39 is 0 Å². The summed E-state index contributed by atoms with van der Waals surface area (Å²) in [5.41, 5.74) is 1.08. The Morgan fingerprint density at radius 1 is 1.30 bits per heavy atom. The van der Waals surface area contributed by atoms with E-state index in [0.29, 0.717) is 6.04 Å². The minimum absolute atomic E-state index is 0.0449. The Labute approximate surface area is 139 Å². The Hall–Kier alpha value is -1.85. The summed E-state index contributed by atoms with van der Waals surface area (Å²) < 4.78 is 5.27. The van der Waals surface area contributed by atoms with Crippen molar-refractivity contribution in [1.29, 1.82) is 0 Å². The Balaban J connectivity index is 1.47. The number of hydrogen-bond donors (Lipinski definition) is 2. The van der Waals surface area contributed by atoms with Gasteiger partial charge in [0.25, 0.3) is 5.91 Å². The van der Waals surface area contributed by atoms with E-state index in [4.69, 9.17) is 4.74 Å². The van der Waals surface area contributed by atoms with Gasteiger partial charge in [-0.15, -0.1) is 11.3 Å². The zero-order valence-corrected chi connectivity index (χ0v) is 13.9. The standard InChI is InChI=1S/C18H20N2O2S/c1-22-13-4-2-3-12(9-13)16-5-6-17(23-16)18(21)20-15-8-11-7-14(15)19-10-11/h2-6,9,11,14-15,19H,7-8,10H2,1H3,(H,20,21). The second-order valence-corrected chi connectivity index (χ2v) is 7.41. The summed E-state index contributed by atoms with van der Waals surface area (Å²) in [5, 5.41) is 6.68. The minimum Gasteiger partial charge on any atom is -0.497 e. The van der Waals surface area contributed by atoms with Crippen LogP contribution in [0.25, 0.3) is 10.4 Å². The van der Waals surface area contributed by atoms with Gasteiger partial charge in [-0.2, -0.15) is 0 Å². The van der Waals surface area contributed by atoms with Crippen molar-refractivity contribution >= 4 is 17.2 Å². The van der Waals surface area contributed by atoms with Crippen LogP contribution >= 0.6 is 11.3 Å². The van der Waals surface area contributed by atoms with Gasteiger partial charge >= 0.3 is 0 Å². The number of fused-ring (bicyclic) bond motifs is 2. The number of benzene rings is 1. The van der Waals surface area contributed by atoms with E-state index in [-0.39, 0.29) is 11.9 Å². The van der Waals surface area contributed by atoms with Crippen molar-refractivity contribution in [3.05, 3.63) is 41.3 Å². The average molecular weight is 328 g/mol. The third-order valence-corrected chi connectivity index (χ3v) is 5.96. The van der Waals surface area contributed by atoms with Crippen LogP contribution in [0.5, 0.6) is 5.75 Å². The molecule has 3 unspecified atom stereocenters. The van der Waals surface area contributed by atoms with Gasteiger partial charge in [0.1, 0.15) is 5.75 Å². The largest absolute Gasteiger partial charge is 0.497 e. The van der Waals surface area contributed by atoms with Gasteiger partial charge in [0, 0.05) is 17.0 Å². The summed E-state index contributed by atoms with van der Waals surface area (Å²) in [5.74, 6) is 1.61. The first kappa shape index (κ1) is 14.7. The van der Waals surface area contributed by atoms with Gasteiger partial charge in [0.2, 0.25) is 0 Å². The second-order valence-electron chi connectivity index (χ2n) is 6.33. The first-order valence-electron chi connectivity index (χ1n) is 8.01. The summed E-state index contributed by atoms with van der Waals surface area (Å²) in [6.45, 7) is 1.11. The molecule has 1 aliphatic carbocycles. The van der Waals surface area contributed by atoms with E-state index in [0.717, 1.165) is 40.0 Å². The second kappa shape index (κ2) is 5.98. The lowest BCUT2D eigenvalue weighted by molar-refractivity contribution is 0.0932. The van der Waals surface area contributed by atoms with E-state index in [1.165, 1.54) is 17.8 Å². The summed E-state index contributed by atoms with van der Waals surface area (Å²) in [6.07, 6.45) is 2.31. The molecule has 5 heteroatoms. The molecule has 120 valence electrons. The predicted molar refractivity (Wildman–Crippen MR) is 92.1 cm³/mol. The van der Waals surface area contributed by atoms with E-state index >= 15 is 0 Å². The van der Waals surface area contributed by atoms with Crippen LogP contribution < -0.4 is 15.4 Å². The molecule has 3 atom stereocenters. The van der Waals surface area contributed by atoms with E-state index in [2.05, 4.69) is 10.6 Å². The van der Waals surface area contributed by atoms with E-state index in [1.807, 2.05) is 36.4 Å². The van der Waals surface area contributed by atoms with Crippen molar-refractivity contribution in [3.63, 3.8) is 0 Å². The van der Waals surface area contributed by atoms with Crippen LogP contribution in [0.2, 0.25) is 0 Å². The number of rotatable bonds is 4. The highest BCUT2D eigenvalue weighted by Gasteiger charge is 2.40. The lowest BCUT2D eigenvalue weighted by atomic mass is 10.1. The van der Waals surface area contributed by atoms with Gasteiger partial charge in [-0.05, 0) is 55.1 Å². The number of carbonyl (C=O) groups is 1. The molecule has 4 rings (SSSR count). The first-order chi connectivity index (χ1) is 11.2. The predicted octanol–water partition coefficient (Wildman–Crippen LogP) is 2.90. The molecule has 1 aromatic heterocycles. The molecule has 0 radical (unpaired) electrons. The molecule has 1 saturated heterocycles. The summed E-state index contributed by atoms with van der Waals surface area (Å²) >= 11 is 1.53. The summed E-state index contributed by atoms with van der Waals surface area (Å²) in [4.78, 5) is 14.3. The quantitative estimate of drug-likeness (QED) is 0.907. The zero-order chi connectivity index (χ0) is 15.8. The smallest absolute Gasteiger partial charge is 0.261 e. The maximum Gasteiger partial charge on any atom is 0.261 e. The zero-order valence-electron chi connectivity index (χ0n) is 13.0. The van der Waals surface area contributed by atoms with Gasteiger partial charge in [0.15, 0.2) is 0 Å². The van der Waals surface area contributed by atoms with E-state index in [9.17, 15) is 4.79 Å². The Morgan fingerprint density at radius 2 is 2.22 bits per heavy atom. The number of ether oxygens (including phenoxy) is 1. The molecule has 1 amide bonds. The number of amides is 1. The molecule has 2 aliphatic rings. The fourth-order valence-electron chi connectivity index (χ4n) is 3.64. The number of piperidine rings is 1. The van der Waals surface area contributed by atoms with Crippen molar-refractivity contribution in [2.75, 3.05) is 13.7 Å². The van der Waals surface area contributed by atoms with Gasteiger partial charge in [0.05, 0.1) is 12.0 Å².